The number of nitrogens with one attached hydrogen (secondary N) is 7. The van der Waals surface area contributed by atoms with Crippen LogP contribution in [0.25, 0.3) is 10.9 Å². The highest BCUT2D eigenvalue weighted by molar-refractivity contribution is 5.97. The van der Waals surface area contributed by atoms with Crippen LogP contribution in [-0.4, -0.2) is 121 Å². The summed E-state index contributed by atoms with van der Waals surface area (Å²) in [7, 11) is 0. The number of hydrogen-bond donors (Lipinski definition) is 13. The molecule has 4 aromatic rings. The number of fused-ring (bicyclic) bond motifs is 1. The molecule has 0 aliphatic rings. The number of nitrogens with zero attached hydrogens (tertiary/aromatic N) is 1. The molecule has 21 nitrogen and oxygen atoms in total. The van der Waals surface area contributed by atoms with Crippen molar-refractivity contribution in [2.75, 3.05) is 13.2 Å². The number of imidazole rings is 1. The zero-order valence-corrected chi connectivity index (χ0v) is 33.3. The van der Waals surface area contributed by atoms with E-state index in [1.54, 1.807) is 30.5 Å². The second kappa shape index (κ2) is 23.1. The van der Waals surface area contributed by atoms with Gasteiger partial charge in [-0.1, -0.05) is 30.3 Å². The number of unbranched alkanes of at least 4 members (excludes halogenated alkanes) is 1. The lowest BCUT2D eigenvalue weighted by atomic mass is 10.0. The first kappa shape index (κ1) is 46.8. The number of phenolic OH excluding ortho intramolecular Hbond substituents is 1. The third-order valence-corrected chi connectivity index (χ3v) is 9.77. The van der Waals surface area contributed by atoms with Crippen LogP contribution < -0.4 is 43.8 Å². The summed E-state index contributed by atoms with van der Waals surface area (Å²) < 4.78 is 0. The van der Waals surface area contributed by atoms with Crippen LogP contribution in [0, 0.1) is 0 Å². The van der Waals surface area contributed by atoms with E-state index in [9.17, 15) is 48.9 Å². The number of carboxylic acid groups (broad SMARTS) is 1. The van der Waals surface area contributed by atoms with E-state index >= 15 is 0 Å². The van der Waals surface area contributed by atoms with Gasteiger partial charge in [-0.05, 0) is 61.6 Å². The average molecular weight is 848 g/mol. The summed E-state index contributed by atoms with van der Waals surface area (Å²) >= 11 is 0. The van der Waals surface area contributed by atoms with Gasteiger partial charge in [0.2, 0.25) is 35.4 Å². The SMILES string of the molecule is NCCCC[C@@H](NC(=O)[C@H](Cc1ccc(O)cc1)NC(=O)[C@H](CO)NC(=O)[C@H](Cc1c[nH]c2ccccc12)NC(=O)[C@H](Cc1cnc[nH]1)NC(=O)[C@@H](N)CCC(N)=O)C(=O)O. The number of para-hydroxylation sites is 1. The minimum absolute atomic E-state index is 0.0595. The summed E-state index contributed by atoms with van der Waals surface area (Å²) in [4.78, 5) is 102. The predicted octanol–water partition coefficient (Wildman–Crippen LogP) is -2.15. The maximum atomic E-state index is 14.2. The van der Waals surface area contributed by atoms with Crippen molar-refractivity contribution in [3.05, 3.63) is 84.1 Å². The molecule has 4 rings (SSSR count). The van der Waals surface area contributed by atoms with E-state index in [0.717, 1.165) is 10.9 Å². The van der Waals surface area contributed by atoms with Gasteiger partial charge in [-0.2, -0.15) is 0 Å². The van der Waals surface area contributed by atoms with Gasteiger partial charge < -0.3 is 69.1 Å². The van der Waals surface area contributed by atoms with Crippen LogP contribution in [0.5, 0.6) is 5.75 Å². The zero-order valence-electron chi connectivity index (χ0n) is 33.3. The lowest BCUT2D eigenvalue weighted by Crippen LogP contribution is -2.60. The number of aliphatic hydroxyl groups is 1. The fourth-order valence-corrected chi connectivity index (χ4v) is 6.37. The number of carbonyl (C=O) groups excluding carboxylic acids is 6. The van der Waals surface area contributed by atoms with Gasteiger partial charge in [0, 0.05) is 54.7 Å². The molecule has 0 unspecified atom stereocenters. The normalized spacial score (nSPS) is 14.1. The third kappa shape index (κ3) is 14.4. The van der Waals surface area contributed by atoms with Crippen LogP contribution in [0.15, 0.2) is 67.3 Å². The molecule has 0 aliphatic carbocycles. The van der Waals surface area contributed by atoms with Gasteiger partial charge in [0.05, 0.1) is 19.0 Å². The largest absolute Gasteiger partial charge is 0.508 e. The number of aromatic nitrogens is 3. The summed E-state index contributed by atoms with van der Waals surface area (Å²) in [5.74, 6) is -6.45. The van der Waals surface area contributed by atoms with Crippen molar-refractivity contribution in [2.45, 2.75) is 87.6 Å². The number of primary amides is 1. The van der Waals surface area contributed by atoms with Crippen molar-refractivity contribution in [3.63, 3.8) is 0 Å². The number of aromatic amines is 2. The monoisotopic (exact) mass is 847 g/mol. The second-order valence-electron chi connectivity index (χ2n) is 14.4. The Bertz CT molecular complexity index is 2110. The van der Waals surface area contributed by atoms with Crippen LogP contribution in [0.1, 0.15) is 48.9 Å². The number of aliphatic hydroxyl groups excluding tert-OH is 1. The van der Waals surface area contributed by atoms with Crippen LogP contribution in [0.4, 0.5) is 0 Å². The first-order valence-corrected chi connectivity index (χ1v) is 19.6. The van der Waals surface area contributed by atoms with Gasteiger partial charge in [-0.3, -0.25) is 28.8 Å². The molecule has 0 saturated heterocycles. The smallest absolute Gasteiger partial charge is 0.326 e. The number of H-pyrrole nitrogens is 2. The molecule has 0 spiro atoms. The van der Waals surface area contributed by atoms with Crippen molar-refractivity contribution in [2.24, 2.45) is 17.2 Å². The summed E-state index contributed by atoms with van der Waals surface area (Å²) in [5.41, 5.74) is 19.0. The second-order valence-corrected chi connectivity index (χ2v) is 14.4. The van der Waals surface area contributed by atoms with E-state index in [1.165, 1.54) is 36.8 Å². The van der Waals surface area contributed by atoms with Gasteiger partial charge in [0.1, 0.15) is 36.0 Å². The average Bonchev–Trinajstić information content (AvgIpc) is 3.91. The lowest BCUT2D eigenvalue weighted by Gasteiger charge is -2.26. The molecular weight excluding hydrogens is 795 g/mol. The number of hydrogen-bond acceptors (Lipinski definition) is 12. The van der Waals surface area contributed by atoms with Crippen LogP contribution >= 0.6 is 0 Å². The summed E-state index contributed by atoms with van der Waals surface area (Å²) in [6.45, 7) is -0.644. The molecule has 2 aromatic carbocycles. The number of aliphatic carboxylic acids is 1. The van der Waals surface area contributed by atoms with Crippen LogP contribution in [-0.2, 0) is 52.8 Å². The van der Waals surface area contributed by atoms with E-state index in [1.807, 2.05) is 0 Å². The molecule has 61 heavy (non-hydrogen) atoms. The highest BCUT2D eigenvalue weighted by Crippen LogP contribution is 2.20. The number of carboxylic acids is 1. The molecule has 0 radical (unpaired) electrons. The molecule has 16 N–H and O–H groups in total. The number of rotatable bonds is 25. The number of nitrogens with two attached hydrogens (primary N) is 3. The first-order valence-electron chi connectivity index (χ1n) is 19.6. The number of amides is 6. The van der Waals surface area contributed by atoms with Gasteiger partial charge >= 0.3 is 5.97 Å². The van der Waals surface area contributed by atoms with E-state index in [4.69, 9.17) is 17.2 Å². The lowest BCUT2D eigenvalue weighted by molar-refractivity contribution is -0.142. The molecule has 0 aliphatic heterocycles. The first-order chi connectivity index (χ1) is 29.2. The fraction of sp³-hybridized carbons (Fsp3) is 0.400. The minimum atomic E-state index is -1.69. The standard InChI is InChI=1S/C40H53N11O10/c41-14-4-3-7-29(40(60)61)47-36(56)30(15-22-8-10-25(53)11-9-22)49-39(59)33(20-52)51-37(57)31(16-23-18-45-28-6-2-1-5-26(23)28)50-38(58)32(17-24-19-44-21-46-24)48-35(55)27(42)12-13-34(43)54/h1-2,5-6,8-11,18-19,21,27,29-33,45,52-53H,3-4,7,12-17,20,41-42H2,(H2,43,54)(H,44,46)(H,47,56)(H,48,55)(H,49,59)(H,50,58)(H,51,57)(H,60,61)/t27-,29+,30-,31-,32-,33-/m0/s1. The van der Waals surface area contributed by atoms with Gasteiger partial charge in [-0.15, -0.1) is 0 Å². The van der Waals surface area contributed by atoms with Crippen molar-refractivity contribution in [1.29, 1.82) is 0 Å². The van der Waals surface area contributed by atoms with Gasteiger partial charge in [0.15, 0.2) is 0 Å². The molecule has 0 bridgehead atoms. The Balaban J connectivity index is 1.59. The topological polar surface area (TPSA) is 363 Å². The molecule has 6 amide bonds. The Morgan fingerprint density at radius 1 is 0.705 bits per heavy atom. The van der Waals surface area contributed by atoms with Crippen molar-refractivity contribution in [3.8, 4) is 5.75 Å². The number of benzene rings is 2. The highest BCUT2D eigenvalue weighted by atomic mass is 16.4. The summed E-state index contributed by atoms with van der Waals surface area (Å²) in [6.07, 6.45) is 4.70. The summed E-state index contributed by atoms with van der Waals surface area (Å²) in [5, 5.41) is 43.3. The molecule has 0 saturated carbocycles. The quantitative estimate of drug-likeness (QED) is 0.0317. The fourth-order valence-electron chi connectivity index (χ4n) is 6.37. The molecule has 2 heterocycles. The highest BCUT2D eigenvalue weighted by Gasteiger charge is 2.33. The Hall–Kier alpha value is -6.84. The summed E-state index contributed by atoms with van der Waals surface area (Å²) in [6, 6.07) is 4.52. The Morgan fingerprint density at radius 3 is 1.90 bits per heavy atom. The van der Waals surface area contributed by atoms with Crippen molar-refractivity contribution >= 4 is 52.3 Å². The molecular formula is C40H53N11O10. The maximum absolute atomic E-state index is 14.2. The molecule has 0 fully saturated rings. The minimum Gasteiger partial charge on any atom is -0.508 e. The Morgan fingerprint density at radius 2 is 1.30 bits per heavy atom. The van der Waals surface area contributed by atoms with Crippen LogP contribution in [0.2, 0.25) is 0 Å². The predicted molar refractivity (Wildman–Crippen MR) is 220 cm³/mol. The van der Waals surface area contributed by atoms with E-state index < -0.39 is 84.3 Å². The Labute approximate surface area is 350 Å². The number of carbonyl (C=O) groups is 7. The van der Waals surface area contributed by atoms with E-state index in [0.29, 0.717) is 36.2 Å². The Kier molecular flexibility index (Phi) is 17.7. The van der Waals surface area contributed by atoms with Crippen LogP contribution in [0.3, 0.4) is 0 Å². The maximum Gasteiger partial charge on any atom is 0.326 e. The molecule has 21 heteroatoms. The van der Waals surface area contributed by atoms with E-state index in [-0.39, 0.29) is 44.3 Å². The van der Waals surface area contributed by atoms with Gasteiger partial charge in [-0.25, -0.2) is 9.78 Å². The van der Waals surface area contributed by atoms with Crippen molar-refractivity contribution in [1.82, 2.24) is 41.5 Å². The molecule has 6 atom stereocenters. The molecule has 2 aromatic heterocycles. The third-order valence-electron chi connectivity index (χ3n) is 9.77. The molecule has 328 valence electrons. The van der Waals surface area contributed by atoms with E-state index in [2.05, 4.69) is 41.5 Å². The van der Waals surface area contributed by atoms with Gasteiger partial charge in [0.25, 0.3) is 0 Å². The number of phenols is 1. The number of aromatic hydroxyl groups is 1. The van der Waals surface area contributed by atoms with Crippen molar-refractivity contribution < 1.29 is 48.9 Å². The zero-order chi connectivity index (χ0) is 44.5.